The molecule has 2 aromatic heterocycles. The number of benzene rings is 8. The second-order valence-electron chi connectivity index (χ2n) is 37.1. The third-order valence-electron chi connectivity index (χ3n) is 26.3. The molecule has 7 aliphatic heterocycles. The van der Waals surface area contributed by atoms with Crippen molar-refractivity contribution >= 4 is 74.9 Å². The number of nitrogens with one attached hydrogen (secondary N) is 9. The van der Waals surface area contributed by atoms with Crippen LogP contribution in [0.15, 0.2) is 222 Å². The van der Waals surface area contributed by atoms with Crippen molar-refractivity contribution in [1.82, 2.24) is 95.2 Å². The highest BCUT2D eigenvalue weighted by Crippen LogP contribution is 2.33. The van der Waals surface area contributed by atoms with Gasteiger partial charge in [0.1, 0.15) is 11.5 Å². The lowest BCUT2D eigenvalue weighted by molar-refractivity contribution is 0.0907. The summed E-state index contributed by atoms with van der Waals surface area (Å²) in [6.07, 6.45) is 32.5. The second-order valence-corrected chi connectivity index (χ2v) is 40.5. The molecule has 770 valence electrons. The fourth-order valence-corrected chi connectivity index (χ4v) is 21.0. The van der Waals surface area contributed by atoms with Crippen molar-refractivity contribution in [2.75, 3.05) is 104 Å². The number of aromatic nitrogens is 4. The van der Waals surface area contributed by atoms with E-state index < -0.39 is 37.7 Å². The first-order chi connectivity index (χ1) is 69.8. The third-order valence-corrected chi connectivity index (χ3v) is 29.3. The number of terminal acetylenes is 2. The topological polar surface area (TPSA) is 432 Å². The highest BCUT2D eigenvalue weighted by Gasteiger charge is 2.37. The van der Waals surface area contributed by atoms with Gasteiger partial charge in [0.25, 0.3) is 29.5 Å². The fourth-order valence-electron chi connectivity index (χ4n) is 18.4. The number of carbonyl (C=O) groups is 6. The van der Waals surface area contributed by atoms with E-state index in [2.05, 4.69) is 118 Å². The summed E-state index contributed by atoms with van der Waals surface area (Å²) in [5, 5.41) is 64.5. The van der Waals surface area contributed by atoms with E-state index in [0.29, 0.717) is 119 Å². The number of carbonyl (C=O) groups excluding carboxylic acids is 6. The van der Waals surface area contributed by atoms with E-state index in [4.69, 9.17) is 33.9 Å². The van der Waals surface area contributed by atoms with Crippen molar-refractivity contribution in [3.05, 3.63) is 269 Å². The van der Waals surface area contributed by atoms with Crippen molar-refractivity contribution in [3.63, 3.8) is 0 Å². The second kappa shape index (κ2) is 53.5. The SMILES string of the molecule is C.C#CN1CC(c2ccc(F)c(F)c2)[C@H](NC(=O)Nc2c(C)c(-c3cnn(C)c3)nn2C)C1.C#CN1CC[C@@H](NS(=O)(=O)c2cccc(C(=O)NC3CCN(C#N)C3)c2)C1.CN1CCCC(NC(=O)c2ccc(-c3ccccc3)cc2)C1.Cc1ccc(C(=O)N[C@@H]2CCN(C#N)C2)cc1.N#CN1CCC(NC(=O)c2ccc(-c3ccccc3)cc2)C1.N#CN1CCC(NC(=O)c2cccc(S(=O)(=O)NC3CCCC3)c2)C1.S. The number of rotatable bonds is 22. The zero-order valence-corrected chi connectivity index (χ0v) is 84.7. The van der Waals surface area contributed by atoms with Crippen LogP contribution in [0.1, 0.15) is 152 Å². The van der Waals surface area contributed by atoms with Crippen molar-refractivity contribution in [2.45, 2.75) is 156 Å². The zero-order valence-electron chi connectivity index (χ0n) is 82.1. The summed E-state index contributed by atoms with van der Waals surface area (Å²) in [6.45, 7) is 12.7. The number of hydrogen-bond donors (Lipinski definition) is 9. The van der Waals surface area contributed by atoms with Gasteiger partial charge in [0.2, 0.25) is 20.0 Å². The van der Waals surface area contributed by atoms with E-state index in [-0.39, 0.29) is 120 Å². The molecule has 18 rings (SSSR count). The van der Waals surface area contributed by atoms with Gasteiger partial charge in [-0.3, -0.25) is 38.7 Å². The Kier molecular flexibility index (Phi) is 40.8. The smallest absolute Gasteiger partial charge is 0.320 e. The monoisotopic (exact) mass is 2050 g/mol. The molecule has 8 fully saturated rings. The number of amides is 7. The van der Waals surface area contributed by atoms with Gasteiger partial charge in [-0.05, 0) is 198 Å². The molecular weight excluding hydrogens is 1930 g/mol. The minimum Gasteiger partial charge on any atom is -0.348 e. The lowest BCUT2D eigenvalue weighted by Gasteiger charge is -2.30. The average molecular weight is 2050 g/mol. The molecule has 0 bridgehead atoms. The lowest BCUT2D eigenvalue weighted by Crippen LogP contribution is -2.46. The predicted octanol–water partition coefficient (Wildman–Crippen LogP) is 11.5. The third kappa shape index (κ3) is 31.8. The molecule has 8 atom stereocenters. The first kappa shape index (κ1) is 112. The lowest BCUT2D eigenvalue weighted by atomic mass is 9.94. The maximum absolute atomic E-state index is 13.8. The van der Waals surface area contributed by atoms with Gasteiger partial charge in [-0.2, -0.15) is 44.7 Å². The van der Waals surface area contributed by atoms with Gasteiger partial charge in [0.15, 0.2) is 36.4 Å². The van der Waals surface area contributed by atoms with Crippen LogP contribution in [0.25, 0.3) is 33.5 Å². The van der Waals surface area contributed by atoms with Crippen LogP contribution in [0.4, 0.5) is 19.4 Å². The number of urea groups is 1. The normalized spacial score (nSPS) is 19.2. The van der Waals surface area contributed by atoms with Crippen LogP contribution in [0.2, 0.25) is 0 Å². The molecule has 7 amide bonds. The zero-order chi connectivity index (χ0) is 103. The number of nitriles is 4. The van der Waals surface area contributed by atoms with E-state index in [1.807, 2.05) is 148 Å². The quantitative estimate of drug-likeness (QED) is 0.0225. The van der Waals surface area contributed by atoms with Crippen LogP contribution in [-0.4, -0.2) is 253 Å². The van der Waals surface area contributed by atoms with Gasteiger partial charge in [-0.15, -0.1) is 0 Å². The molecule has 8 aromatic carbocycles. The van der Waals surface area contributed by atoms with Crippen molar-refractivity contribution in [2.24, 2.45) is 14.1 Å². The molecule has 147 heavy (non-hydrogen) atoms. The molecule has 1 aliphatic carbocycles. The van der Waals surface area contributed by atoms with Gasteiger partial charge in [0, 0.05) is 205 Å². The Morgan fingerprint density at radius 3 is 1.21 bits per heavy atom. The van der Waals surface area contributed by atoms with E-state index >= 15 is 0 Å². The molecule has 0 radical (unpaired) electrons. The molecular formula is C108H126F2N24O10S3. The van der Waals surface area contributed by atoms with E-state index in [0.717, 1.165) is 128 Å². The van der Waals surface area contributed by atoms with Crippen molar-refractivity contribution < 1.29 is 54.4 Å². The Morgan fingerprint density at radius 1 is 0.401 bits per heavy atom. The number of sulfonamides is 2. The number of likely N-dealkylation sites (tertiary alicyclic amines) is 7. The van der Waals surface area contributed by atoms with E-state index in [1.54, 1.807) is 76.3 Å². The van der Waals surface area contributed by atoms with Crippen molar-refractivity contribution in [1.29, 1.82) is 21.0 Å². The molecule has 34 nitrogen and oxygen atoms in total. The number of anilines is 1. The predicted molar refractivity (Wildman–Crippen MR) is 562 cm³/mol. The highest BCUT2D eigenvalue weighted by molar-refractivity contribution is 7.89. The molecule has 5 unspecified atom stereocenters. The molecule has 8 aliphatic rings. The van der Waals surface area contributed by atoms with Gasteiger partial charge in [0.05, 0.1) is 22.0 Å². The molecule has 10 aromatic rings. The Hall–Kier alpha value is -15.3. The molecule has 0 spiro atoms. The number of likely N-dealkylation sites (N-methyl/N-ethyl adjacent to an activating group) is 1. The minimum atomic E-state index is -3.75. The summed E-state index contributed by atoms with van der Waals surface area (Å²) >= 11 is 0. The standard InChI is InChI=1S/C22H23F2N7O.C19H22N2O.C18H21N5O3S.C18H17N3O.C17H22N4O3S.C13H15N3O.CH4.H2S/c1-5-31-11-16(14-6-7-17(23)18(24)8-14)19(12-31)26-22(32)27-21-13(2)20(28-30(21)4)15-9-25-29(3)10-15;1-21-13-5-8-18(14-21)20-19(22)17-11-9-16(10-12-17)15-6-3-2-4-7-15;1-2-22-8-7-16(12-22)21-27(25,26)17-5-3-4-14(10-17)18(24)20-15-6-9-23(11-15)13-19;19-13-21-11-10-17(12-21)20-18(22)16-8-6-15(7-9-16)14-4-2-1-3-5-14;18-12-21-9-8-15(11-21)19-17(22)13-4-3-7-16(10-13)25(23,24)20-14-5-1-2-6-14;1-10-2-4-11(5-3-10)13(17)15-12-6-7-16(8-12)9-14;;/h1,6-10,16,19H,11-12H2,2-4H3,(H2,26,27,32);2-4,6-7,9-12,18H,5,8,13-14H2,1H3,(H,20,22);1,3-5,10,15-16,21H,6-9,11-12H2,(H,20,24);1-9,17H,10-12H2,(H,20,22);3-4,7,10,14-15,20H,1-2,5-6,8-9,11H2,(H,19,22);2-5,12H,6-8H2,1H3,(H,15,17);1H4;1H2/t16?,19-;;15?,16-;;;12-;;/m1.1..1../s1. The first-order valence-corrected chi connectivity index (χ1v) is 51.2. The van der Waals surface area contributed by atoms with Gasteiger partial charge in [-0.1, -0.05) is 154 Å². The van der Waals surface area contributed by atoms with Crippen LogP contribution < -0.4 is 46.7 Å². The maximum atomic E-state index is 13.8. The summed E-state index contributed by atoms with van der Waals surface area (Å²) < 4.78 is 86.1. The largest absolute Gasteiger partial charge is 0.348 e. The number of piperidine rings is 1. The Bertz CT molecular complexity index is 6700. The number of nitrogens with zero attached hydrogens (tertiary/aromatic N) is 15. The molecule has 9 N–H and O–H groups in total. The first-order valence-electron chi connectivity index (χ1n) is 48.2. The number of halogens is 2. The van der Waals surface area contributed by atoms with Crippen LogP contribution in [0.5, 0.6) is 0 Å². The van der Waals surface area contributed by atoms with Crippen LogP contribution in [-0.2, 0) is 34.1 Å². The van der Waals surface area contributed by atoms with Crippen LogP contribution >= 0.6 is 13.5 Å². The summed E-state index contributed by atoms with van der Waals surface area (Å²) in [5.74, 6) is -2.38. The average Bonchev–Trinajstić information content (AvgIpc) is 1.65. The fraction of sp³-hybridized carbons (Fsp3) is 0.370. The van der Waals surface area contributed by atoms with Crippen LogP contribution in [0, 0.1) is 96.2 Å². The summed E-state index contributed by atoms with van der Waals surface area (Å²) in [4.78, 5) is 86.5. The van der Waals surface area contributed by atoms with Gasteiger partial charge in [-0.25, -0.2) is 39.9 Å². The Balaban J connectivity index is 0.000000169. The number of aryl methyl sites for hydroxylation is 3. The van der Waals surface area contributed by atoms with E-state index in [1.165, 1.54) is 35.9 Å². The highest BCUT2D eigenvalue weighted by atomic mass is 32.2. The van der Waals surface area contributed by atoms with Gasteiger partial charge < -0.3 is 66.2 Å². The van der Waals surface area contributed by atoms with Crippen molar-refractivity contribution in [3.8, 4) is 83.2 Å². The molecule has 39 heteroatoms. The summed E-state index contributed by atoms with van der Waals surface area (Å²) in [7, 11) is -1.71. The number of hydrogen-bond acceptors (Lipinski definition) is 23. The Labute approximate surface area is 866 Å². The maximum Gasteiger partial charge on any atom is 0.320 e. The summed E-state index contributed by atoms with van der Waals surface area (Å²) in [5.41, 5.74) is 11.2. The van der Waals surface area contributed by atoms with E-state index in [9.17, 15) is 54.4 Å². The minimum absolute atomic E-state index is 0. The molecule has 7 saturated heterocycles. The molecule has 9 heterocycles. The van der Waals surface area contributed by atoms with Crippen LogP contribution in [0.3, 0.4) is 0 Å². The summed E-state index contributed by atoms with van der Waals surface area (Å²) in [6, 6.07) is 63.1. The Morgan fingerprint density at radius 2 is 0.803 bits per heavy atom. The molecule has 1 saturated carbocycles. The van der Waals surface area contributed by atoms with Gasteiger partial charge >= 0.3 is 6.03 Å².